The SMILES string of the molecule is CNC(=O)CNc1ccc(C(N)=S)cc1. The van der Waals surface area contributed by atoms with Gasteiger partial charge < -0.3 is 16.4 Å². The van der Waals surface area contributed by atoms with E-state index in [0.717, 1.165) is 11.3 Å². The van der Waals surface area contributed by atoms with E-state index in [-0.39, 0.29) is 12.5 Å². The van der Waals surface area contributed by atoms with Crippen LogP contribution in [0.25, 0.3) is 0 Å². The Morgan fingerprint density at radius 3 is 2.47 bits per heavy atom. The van der Waals surface area contributed by atoms with Gasteiger partial charge in [0.05, 0.1) is 6.54 Å². The summed E-state index contributed by atoms with van der Waals surface area (Å²) in [5.74, 6) is -0.0616. The molecule has 1 aromatic rings. The van der Waals surface area contributed by atoms with Crippen LogP contribution in [-0.4, -0.2) is 24.5 Å². The molecule has 0 saturated heterocycles. The molecular formula is C10H13N3OS. The Morgan fingerprint density at radius 2 is 2.00 bits per heavy atom. The molecule has 0 unspecified atom stereocenters. The molecule has 1 rings (SSSR count). The van der Waals surface area contributed by atoms with Crippen molar-refractivity contribution in [3.63, 3.8) is 0 Å². The summed E-state index contributed by atoms with van der Waals surface area (Å²) in [4.78, 5) is 11.3. The van der Waals surface area contributed by atoms with Crippen LogP contribution >= 0.6 is 12.2 Å². The average molecular weight is 223 g/mol. The maximum atomic E-state index is 10.9. The molecule has 1 aromatic carbocycles. The molecule has 1 amide bonds. The number of likely N-dealkylation sites (N-methyl/N-ethyl adjacent to an activating group) is 1. The van der Waals surface area contributed by atoms with Gasteiger partial charge in [0, 0.05) is 18.3 Å². The van der Waals surface area contributed by atoms with Gasteiger partial charge in [-0.25, -0.2) is 0 Å². The summed E-state index contributed by atoms with van der Waals surface area (Å²) in [6, 6.07) is 7.29. The van der Waals surface area contributed by atoms with E-state index in [1.54, 1.807) is 7.05 Å². The highest BCUT2D eigenvalue weighted by Crippen LogP contribution is 2.08. The highest BCUT2D eigenvalue weighted by molar-refractivity contribution is 7.80. The Bertz CT molecular complexity index is 361. The highest BCUT2D eigenvalue weighted by Gasteiger charge is 1.98. The van der Waals surface area contributed by atoms with Gasteiger partial charge in [0.25, 0.3) is 0 Å². The van der Waals surface area contributed by atoms with Crippen molar-refractivity contribution in [2.75, 3.05) is 18.9 Å². The first-order valence-corrected chi connectivity index (χ1v) is 4.88. The van der Waals surface area contributed by atoms with Crippen molar-refractivity contribution in [2.45, 2.75) is 0 Å². The van der Waals surface area contributed by atoms with Crippen LogP contribution in [0, 0.1) is 0 Å². The maximum Gasteiger partial charge on any atom is 0.239 e. The van der Waals surface area contributed by atoms with Crippen LogP contribution in [0.4, 0.5) is 5.69 Å². The summed E-state index contributed by atoms with van der Waals surface area (Å²) in [6.45, 7) is 0.253. The Morgan fingerprint density at radius 1 is 1.40 bits per heavy atom. The predicted octanol–water partition coefficient (Wildman–Crippen LogP) is 0.479. The van der Waals surface area contributed by atoms with Gasteiger partial charge in [0.15, 0.2) is 0 Å². The van der Waals surface area contributed by atoms with E-state index in [1.807, 2.05) is 24.3 Å². The molecule has 0 spiro atoms. The number of carbonyl (C=O) groups is 1. The fraction of sp³-hybridized carbons (Fsp3) is 0.200. The number of thiocarbonyl (C=S) groups is 1. The first-order chi connectivity index (χ1) is 7.13. The van der Waals surface area contributed by atoms with E-state index in [0.29, 0.717) is 4.99 Å². The van der Waals surface area contributed by atoms with Gasteiger partial charge in [0.2, 0.25) is 5.91 Å². The third-order valence-corrected chi connectivity index (χ3v) is 2.14. The van der Waals surface area contributed by atoms with Gasteiger partial charge in [-0.3, -0.25) is 4.79 Å². The Kier molecular flexibility index (Phi) is 4.05. The van der Waals surface area contributed by atoms with Crippen LogP contribution in [0.3, 0.4) is 0 Å². The van der Waals surface area contributed by atoms with Crippen molar-refractivity contribution in [3.8, 4) is 0 Å². The van der Waals surface area contributed by atoms with Gasteiger partial charge in [-0.2, -0.15) is 0 Å². The first kappa shape index (κ1) is 11.5. The molecule has 0 bridgehead atoms. The van der Waals surface area contributed by atoms with Crippen LogP contribution in [0.2, 0.25) is 0 Å². The molecule has 0 atom stereocenters. The molecule has 0 heterocycles. The number of hydrogen-bond donors (Lipinski definition) is 3. The van der Waals surface area contributed by atoms with Crippen molar-refractivity contribution in [1.29, 1.82) is 0 Å². The van der Waals surface area contributed by atoms with Crippen molar-refractivity contribution in [1.82, 2.24) is 5.32 Å². The van der Waals surface area contributed by atoms with Gasteiger partial charge in [0.1, 0.15) is 4.99 Å². The third kappa shape index (κ3) is 3.55. The summed E-state index contributed by atoms with van der Waals surface area (Å²) < 4.78 is 0. The number of rotatable bonds is 4. The molecule has 0 fully saturated rings. The van der Waals surface area contributed by atoms with Crippen molar-refractivity contribution >= 4 is 28.8 Å². The number of amides is 1. The van der Waals surface area contributed by atoms with E-state index in [9.17, 15) is 4.79 Å². The predicted molar refractivity (Wildman–Crippen MR) is 64.9 cm³/mol. The number of nitrogens with two attached hydrogens (primary N) is 1. The number of anilines is 1. The normalized spacial score (nSPS) is 9.40. The molecule has 0 aliphatic heterocycles. The van der Waals surface area contributed by atoms with E-state index in [4.69, 9.17) is 18.0 Å². The standard InChI is InChI=1S/C10H13N3OS/c1-12-9(14)6-13-8-4-2-7(3-5-8)10(11)15/h2-5,13H,6H2,1H3,(H2,11,15)(H,12,14). The Hall–Kier alpha value is -1.62. The molecule has 0 radical (unpaired) electrons. The Labute approximate surface area is 93.9 Å². The molecular weight excluding hydrogens is 210 g/mol. The third-order valence-electron chi connectivity index (χ3n) is 1.90. The zero-order valence-corrected chi connectivity index (χ0v) is 9.23. The molecule has 5 heteroatoms. The zero-order chi connectivity index (χ0) is 11.3. The zero-order valence-electron chi connectivity index (χ0n) is 8.41. The van der Waals surface area contributed by atoms with E-state index in [2.05, 4.69) is 10.6 Å². The summed E-state index contributed by atoms with van der Waals surface area (Å²) >= 11 is 4.82. The minimum atomic E-state index is -0.0616. The second-order valence-corrected chi connectivity index (χ2v) is 3.41. The van der Waals surface area contributed by atoms with Crippen LogP contribution in [0.5, 0.6) is 0 Å². The van der Waals surface area contributed by atoms with Crippen LogP contribution in [0.1, 0.15) is 5.56 Å². The first-order valence-electron chi connectivity index (χ1n) is 4.48. The molecule has 4 N–H and O–H groups in total. The molecule has 4 nitrogen and oxygen atoms in total. The monoisotopic (exact) mass is 223 g/mol. The van der Waals surface area contributed by atoms with Crippen molar-refractivity contribution in [3.05, 3.63) is 29.8 Å². The average Bonchev–Trinajstić information content (AvgIpc) is 2.26. The summed E-state index contributed by atoms with van der Waals surface area (Å²) in [7, 11) is 1.60. The summed E-state index contributed by atoms with van der Waals surface area (Å²) in [6.07, 6.45) is 0. The van der Waals surface area contributed by atoms with Gasteiger partial charge in [-0.1, -0.05) is 12.2 Å². The fourth-order valence-corrected chi connectivity index (χ4v) is 1.16. The quantitative estimate of drug-likeness (QED) is 0.649. The molecule has 0 aliphatic carbocycles. The van der Waals surface area contributed by atoms with E-state index in [1.165, 1.54) is 0 Å². The van der Waals surface area contributed by atoms with Gasteiger partial charge in [-0.05, 0) is 24.3 Å². The minimum absolute atomic E-state index is 0.0616. The van der Waals surface area contributed by atoms with Crippen LogP contribution in [0.15, 0.2) is 24.3 Å². The highest BCUT2D eigenvalue weighted by atomic mass is 32.1. The summed E-state index contributed by atoms with van der Waals surface area (Å²) in [5.41, 5.74) is 7.13. The smallest absolute Gasteiger partial charge is 0.239 e. The number of hydrogen-bond acceptors (Lipinski definition) is 3. The van der Waals surface area contributed by atoms with Crippen LogP contribution in [-0.2, 0) is 4.79 Å². The van der Waals surface area contributed by atoms with Crippen LogP contribution < -0.4 is 16.4 Å². The second kappa shape index (κ2) is 5.31. The minimum Gasteiger partial charge on any atom is -0.389 e. The van der Waals surface area contributed by atoms with Crippen molar-refractivity contribution in [2.24, 2.45) is 5.73 Å². The largest absolute Gasteiger partial charge is 0.389 e. The molecule has 0 aliphatic rings. The number of carbonyl (C=O) groups excluding carboxylic acids is 1. The lowest BCUT2D eigenvalue weighted by Gasteiger charge is -2.05. The number of benzene rings is 1. The molecule has 0 saturated carbocycles. The van der Waals surface area contributed by atoms with Gasteiger partial charge >= 0.3 is 0 Å². The molecule has 15 heavy (non-hydrogen) atoms. The number of nitrogens with one attached hydrogen (secondary N) is 2. The van der Waals surface area contributed by atoms with Gasteiger partial charge in [-0.15, -0.1) is 0 Å². The topological polar surface area (TPSA) is 67.2 Å². The maximum absolute atomic E-state index is 10.9. The second-order valence-electron chi connectivity index (χ2n) is 2.97. The lowest BCUT2D eigenvalue weighted by molar-refractivity contribution is -0.118. The lowest BCUT2D eigenvalue weighted by atomic mass is 10.2. The van der Waals surface area contributed by atoms with E-state index < -0.39 is 0 Å². The molecule has 0 aromatic heterocycles. The fourth-order valence-electron chi connectivity index (χ4n) is 1.02. The van der Waals surface area contributed by atoms with Crippen molar-refractivity contribution < 1.29 is 4.79 Å². The lowest BCUT2D eigenvalue weighted by Crippen LogP contribution is -2.26. The van der Waals surface area contributed by atoms with E-state index >= 15 is 0 Å². The Balaban J connectivity index is 2.57. The molecule has 80 valence electrons. The summed E-state index contributed by atoms with van der Waals surface area (Å²) in [5, 5.41) is 5.49.